The van der Waals surface area contributed by atoms with E-state index >= 15 is 0 Å². The largest absolute Gasteiger partial charge is 0.495 e. The van der Waals surface area contributed by atoms with Crippen LogP contribution in [0.1, 0.15) is 44.4 Å². The number of nitrogens with one attached hydrogen (secondary N) is 2. The molecule has 3 aromatic carbocycles. The Labute approximate surface area is 253 Å². The number of hydrogen-bond acceptors (Lipinski definition) is 8. The summed E-state index contributed by atoms with van der Waals surface area (Å²) in [6, 6.07) is 21.4. The van der Waals surface area contributed by atoms with E-state index in [1.807, 2.05) is 6.07 Å². The van der Waals surface area contributed by atoms with Gasteiger partial charge >= 0.3 is 0 Å². The topological polar surface area (TPSA) is 96.4 Å². The van der Waals surface area contributed by atoms with E-state index in [0.29, 0.717) is 17.4 Å². The van der Waals surface area contributed by atoms with E-state index in [4.69, 9.17) is 16.3 Å². The van der Waals surface area contributed by atoms with Crippen LogP contribution in [0.4, 0.5) is 23.1 Å². The van der Waals surface area contributed by atoms with Gasteiger partial charge in [-0.2, -0.15) is 4.98 Å². The highest BCUT2D eigenvalue weighted by Gasteiger charge is 2.35. The van der Waals surface area contributed by atoms with Gasteiger partial charge in [0.15, 0.2) is 15.7 Å². The van der Waals surface area contributed by atoms with Crippen LogP contribution in [0, 0.1) is 0 Å². The molecule has 0 aliphatic carbocycles. The molecular formula is C32H36ClN5O3S. The SMILES string of the molecule is COc1cc2c(cc1Nc1ncc(Cl)c(Nc3ccccc3S(=O)(=O)C(C)C)n1)CCN(Cc1ccccc1)C2(C)C. The smallest absolute Gasteiger partial charge is 0.229 e. The van der Waals surface area contributed by atoms with Gasteiger partial charge in [-0.1, -0.05) is 54.1 Å². The van der Waals surface area contributed by atoms with Crippen molar-refractivity contribution >= 4 is 44.6 Å². The average Bonchev–Trinajstić information content (AvgIpc) is 2.97. The highest BCUT2D eigenvalue weighted by atomic mass is 35.5. The van der Waals surface area contributed by atoms with Crippen LogP contribution in [-0.2, 0) is 28.3 Å². The van der Waals surface area contributed by atoms with Gasteiger partial charge in [-0.25, -0.2) is 13.4 Å². The predicted octanol–water partition coefficient (Wildman–Crippen LogP) is 7.10. The van der Waals surface area contributed by atoms with E-state index in [1.54, 1.807) is 45.2 Å². The molecule has 0 amide bonds. The number of anilines is 4. The third kappa shape index (κ3) is 5.95. The van der Waals surface area contributed by atoms with Gasteiger partial charge in [0.05, 0.1) is 34.8 Å². The number of aromatic nitrogens is 2. The molecule has 8 nitrogen and oxygen atoms in total. The zero-order valence-electron chi connectivity index (χ0n) is 24.5. The maximum atomic E-state index is 12.9. The van der Waals surface area contributed by atoms with Crippen molar-refractivity contribution in [2.75, 3.05) is 24.3 Å². The molecule has 0 bridgehead atoms. The van der Waals surface area contributed by atoms with Crippen molar-refractivity contribution in [1.29, 1.82) is 0 Å². The van der Waals surface area contributed by atoms with Crippen LogP contribution in [0.3, 0.4) is 0 Å². The lowest BCUT2D eigenvalue weighted by atomic mass is 9.82. The molecule has 0 saturated carbocycles. The highest BCUT2D eigenvalue weighted by molar-refractivity contribution is 7.92. The van der Waals surface area contributed by atoms with Gasteiger partial charge in [0.25, 0.3) is 0 Å². The number of benzene rings is 3. The first-order valence-electron chi connectivity index (χ1n) is 13.9. The highest BCUT2D eigenvalue weighted by Crippen LogP contribution is 2.41. The maximum Gasteiger partial charge on any atom is 0.229 e. The van der Waals surface area contributed by atoms with Gasteiger partial charge in [0.1, 0.15) is 10.8 Å². The number of rotatable bonds is 9. The minimum absolute atomic E-state index is 0.185. The maximum absolute atomic E-state index is 12.9. The molecule has 1 aliphatic rings. The van der Waals surface area contributed by atoms with Gasteiger partial charge in [-0.05, 0) is 75.1 Å². The van der Waals surface area contributed by atoms with Crippen LogP contribution in [0.2, 0.25) is 5.02 Å². The van der Waals surface area contributed by atoms with Crippen LogP contribution in [0.15, 0.2) is 77.8 Å². The summed E-state index contributed by atoms with van der Waals surface area (Å²) in [7, 11) is -1.89. The van der Waals surface area contributed by atoms with Crippen LogP contribution in [-0.4, -0.2) is 42.2 Å². The quantitative estimate of drug-likeness (QED) is 0.208. The Balaban J connectivity index is 1.43. The van der Waals surface area contributed by atoms with Crippen LogP contribution < -0.4 is 15.4 Å². The molecule has 10 heteroatoms. The fourth-order valence-corrected chi connectivity index (χ4v) is 6.63. The van der Waals surface area contributed by atoms with Gasteiger partial charge in [0, 0.05) is 18.6 Å². The Hall–Kier alpha value is -3.66. The van der Waals surface area contributed by atoms with Gasteiger partial charge in [0.2, 0.25) is 5.95 Å². The summed E-state index contributed by atoms with van der Waals surface area (Å²) in [5.74, 6) is 1.25. The van der Waals surface area contributed by atoms with Crippen LogP contribution in [0.25, 0.3) is 0 Å². The van der Waals surface area contributed by atoms with Gasteiger partial charge < -0.3 is 15.4 Å². The molecule has 42 heavy (non-hydrogen) atoms. The average molecular weight is 606 g/mol. The normalized spacial score (nSPS) is 14.8. The second-order valence-electron chi connectivity index (χ2n) is 11.2. The second-order valence-corrected chi connectivity index (χ2v) is 14.0. The minimum Gasteiger partial charge on any atom is -0.495 e. The number of fused-ring (bicyclic) bond motifs is 1. The Bertz CT molecular complexity index is 1690. The monoisotopic (exact) mass is 605 g/mol. The third-order valence-electron chi connectivity index (χ3n) is 7.80. The number of sulfone groups is 1. The van der Waals surface area contributed by atoms with E-state index in [0.717, 1.165) is 25.2 Å². The Morgan fingerprint density at radius 1 is 1.02 bits per heavy atom. The second kappa shape index (κ2) is 11.9. The first-order valence-corrected chi connectivity index (χ1v) is 15.8. The van der Waals surface area contributed by atoms with Crippen molar-refractivity contribution in [3.63, 3.8) is 0 Å². The van der Waals surface area contributed by atoms with Crippen molar-refractivity contribution in [3.8, 4) is 5.75 Å². The number of ether oxygens (including phenoxy) is 1. The zero-order valence-corrected chi connectivity index (χ0v) is 26.1. The lowest BCUT2D eigenvalue weighted by molar-refractivity contribution is 0.0980. The summed E-state index contributed by atoms with van der Waals surface area (Å²) >= 11 is 6.44. The van der Waals surface area contributed by atoms with Gasteiger partial charge in [-0.15, -0.1) is 0 Å². The van der Waals surface area contributed by atoms with E-state index in [-0.39, 0.29) is 21.3 Å². The van der Waals surface area contributed by atoms with E-state index in [1.165, 1.54) is 22.9 Å². The first-order chi connectivity index (χ1) is 20.0. The van der Waals surface area contributed by atoms with Crippen LogP contribution in [0.5, 0.6) is 5.75 Å². The van der Waals surface area contributed by atoms with E-state index < -0.39 is 15.1 Å². The standard InChI is InChI=1S/C32H36ClN5O3S/c1-21(2)42(39,40)29-14-10-9-13-26(29)35-30-25(33)19-34-31(37-30)36-27-17-23-15-16-38(20-22-11-7-6-8-12-22)32(3,4)24(23)18-28(27)41-5/h6-14,17-19,21H,15-16,20H2,1-5H3,(H2,34,35,36,37). The first kappa shape index (κ1) is 29.8. The summed E-state index contributed by atoms with van der Waals surface area (Å²) in [5, 5.41) is 6.07. The Morgan fingerprint density at radius 3 is 2.45 bits per heavy atom. The number of hydrogen-bond donors (Lipinski definition) is 2. The lowest BCUT2D eigenvalue weighted by Gasteiger charge is -2.44. The predicted molar refractivity (Wildman–Crippen MR) is 169 cm³/mol. The molecule has 0 radical (unpaired) electrons. The molecule has 4 aromatic rings. The molecular weight excluding hydrogens is 570 g/mol. The minimum atomic E-state index is -3.53. The molecule has 0 spiro atoms. The summed E-state index contributed by atoms with van der Waals surface area (Å²) in [6.07, 6.45) is 2.37. The number of para-hydroxylation sites is 1. The molecule has 1 aliphatic heterocycles. The fourth-order valence-electron chi connectivity index (χ4n) is 5.29. The van der Waals surface area contributed by atoms with E-state index in [9.17, 15) is 8.42 Å². The molecule has 5 rings (SSSR count). The Morgan fingerprint density at radius 2 is 1.74 bits per heavy atom. The summed E-state index contributed by atoms with van der Waals surface area (Å²) < 4.78 is 31.7. The lowest BCUT2D eigenvalue weighted by Crippen LogP contribution is -2.46. The molecule has 220 valence electrons. The van der Waals surface area contributed by atoms with Crippen molar-refractivity contribution in [2.24, 2.45) is 0 Å². The fraction of sp³-hybridized carbons (Fsp3) is 0.312. The summed E-state index contributed by atoms with van der Waals surface area (Å²) in [4.78, 5) is 11.6. The zero-order chi connectivity index (χ0) is 30.1. The molecule has 2 N–H and O–H groups in total. The van der Waals surface area contributed by atoms with Crippen LogP contribution >= 0.6 is 11.6 Å². The van der Waals surface area contributed by atoms with Crippen molar-refractivity contribution in [2.45, 2.75) is 56.3 Å². The molecule has 0 unspecified atom stereocenters. The Kier molecular flexibility index (Phi) is 8.46. The van der Waals surface area contributed by atoms with Crippen molar-refractivity contribution < 1.29 is 13.2 Å². The molecule has 0 fully saturated rings. The molecule has 1 aromatic heterocycles. The number of halogens is 1. The van der Waals surface area contributed by atoms with Crippen molar-refractivity contribution in [3.05, 3.63) is 94.6 Å². The van der Waals surface area contributed by atoms with E-state index in [2.05, 4.69) is 75.7 Å². The number of methoxy groups -OCH3 is 1. The third-order valence-corrected chi connectivity index (χ3v) is 10.3. The number of nitrogens with zero attached hydrogens (tertiary/aromatic N) is 3. The van der Waals surface area contributed by atoms with Gasteiger partial charge in [-0.3, -0.25) is 4.90 Å². The summed E-state index contributed by atoms with van der Waals surface area (Å²) in [5.41, 5.74) is 4.66. The summed E-state index contributed by atoms with van der Waals surface area (Å²) in [6.45, 7) is 9.59. The molecule has 0 saturated heterocycles. The molecule has 2 heterocycles. The van der Waals surface area contributed by atoms with Crippen molar-refractivity contribution in [1.82, 2.24) is 14.9 Å². The molecule has 0 atom stereocenters.